The standard InChI is InChI=1S/C17H20N4O3S/c1-10-6-11(2)19-16(24)13(10)8-18-14(22)7-12-9-25-17(20-12)21-5-3-4-15(21)23/h6,9H,3-5,7-8H2,1-2H3,(H,18,22)(H,19,24). The molecule has 2 N–H and O–H groups in total. The third-order valence-corrected chi connectivity index (χ3v) is 5.05. The summed E-state index contributed by atoms with van der Waals surface area (Å²) in [5, 5.41) is 5.21. The fraction of sp³-hybridized carbons (Fsp3) is 0.412. The number of anilines is 1. The summed E-state index contributed by atoms with van der Waals surface area (Å²) < 4.78 is 0. The second-order valence-corrected chi connectivity index (χ2v) is 7.00. The number of nitrogens with zero attached hydrogens (tertiary/aromatic N) is 2. The number of amides is 2. The van der Waals surface area contributed by atoms with E-state index in [1.165, 1.54) is 11.3 Å². The quantitative estimate of drug-likeness (QED) is 0.843. The molecule has 2 amide bonds. The monoisotopic (exact) mass is 360 g/mol. The number of nitrogens with one attached hydrogen (secondary N) is 2. The van der Waals surface area contributed by atoms with Gasteiger partial charge in [-0.3, -0.25) is 19.3 Å². The third kappa shape index (κ3) is 3.96. The number of thiazole rings is 1. The summed E-state index contributed by atoms with van der Waals surface area (Å²) >= 11 is 1.37. The number of rotatable bonds is 5. The van der Waals surface area contributed by atoms with Crippen molar-refractivity contribution in [3.05, 3.63) is 44.3 Å². The Hall–Kier alpha value is -2.48. The van der Waals surface area contributed by atoms with E-state index in [0.717, 1.165) is 17.7 Å². The van der Waals surface area contributed by atoms with Gasteiger partial charge in [-0.05, 0) is 31.9 Å². The highest BCUT2D eigenvalue weighted by Crippen LogP contribution is 2.25. The van der Waals surface area contributed by atoms with Gasteiger partial charge in [0, 0.05) is 36.1 Å². The van der Waals surface area contributed by atoms with Crippen LogP contribution in [0.3, 0.4) is 0 Å². The fourth-order valence-electron chi connectivity index (χ4n) is 2.87. The van der Waals surface area contributed by atoms with Crippen LogP contribution in [0.1, 0.15) is 35.4 Å². The van der Waals surface area contributed by atoms with E-state index in [-0.39, 0.29) is 30.3 Å². The summed E-state index contributed by atoms with van der Waals surface area (Å²) in [4.78, 5) is 44.6. The summed E-state index contributed by atoms with van der Waals surface area (Å²) in [6, 6.07) is 1.88. The molecule has 0 aromatic carbocycles. The van der Waals surface area contributed by atoms with Gasteiger partial charge in [-0.1, -0.05) is 0 Å². The van der Waals surface area contributed by atoms with Crippen LogP contribution in [0.2, 0.25) is 0 Å². The number of carbonyl (C=O) groups excluding carboxylic acids is 2. The van der Waals surface area contributed by atoms with E-state index < -0.39 is 0 Å². The van der Waals surface area contributed by atoms with E-state index in [1.54, 1.807) is 10.3 Å². The highest BCUT2D eigenvalue weighted by molar-refractivity contribution is 7.14. The minimum absolute atomic E-state index is 0.0828. The molecule has 8 heteroatoms. The second kappa shape index (κ2) is 7.18. The van der Waals surface area contributed by atoms with Crippen LogP contribution >= 0.6 is 11.3 Å². The first-order valence-electron chi connectivity index (χ1n) is 8.15. The molecule has 1 fully saturated rings. The van der Waals surface area contributed by atoms with Gasteiger partial charge in [-0.2, -0.15) is 0 Å². The molecule has 1 aliphatic rings. The Morgan fingerprint density at radius 3 is 2.88 bits per heavy atom. The molecular weight excluding hydrogens is 340 g/mol. The van der Waals surface area contributed by atoms with Gasteiger partial charge >= 0.3 is 0 Å². The average Bonchev–Trinajstić information content (AvgIpc) is 3.14. The first-order valence-corrected chi connectivity index (χ1v) is 9.03. The predicted octanol–water partition coefficient (Wildman–Crippen LogP) is 1.43. The molecule has 7 nitrogen and oxygen atoms in total. The predicted molar refractivity (Wildman–Crippen MR) is 95.8 cm³/mol. The lowest BCUT2D eigenvalue weighted by atomic mass is 10.1. The maximum absolute atomic E-state index is 12.1. The van der Waals surface area contributed by atoms with Gasteiger partial charge in [0.2, 0.25) is 11.8 Å². The van der Waals surface area contributed by atoms with E-state index >= 15 is 0 Å². The normalized spacial score (nSPS) is 14.2. The minimum atomic E-state index is -0.205. The highest BCUT2D eigenvalue weighted by atomic mass is 32.1. The number of H-pyrrole nitrogens is 1. The van der Waals surface area contributed by atoms with Gasteiger partial charge in [-0.15, -0.1) is 11.3 Å². The Balaban J connectivity index is 1.59. The van der Waals surface area contributed by atoms with Crippen molar-refractivity contribution in [2.45, 2.75) is 39.7 Å². The summed E-state index contributed by atoms with van der Waals surface area (Å²) in [5.74, 6) is -0.122. The molecule has 0 bridgehead atoms. The molecular formula is C17H20N4O3S. The van der Waals surface area contributed by atoms with Crippen LogP contribution in [0.15, 0.2) is 16.2 Å². The Labute approximate surface area is 149 Å². The van der Waals surface area contributed by atoms with Crippen LogP contribution in [0.5, 0.6) is 0 Å². The molecule has 3 heterocycles. The highest BCUT2D eigenvalue weighted by Gasteiger charge is 2.24. The SMILES string of the molecule is Cc1cc(C)c(CNC(=O)Cc2csc(N3CCCC3=O)n2)c(=O)[nH]1. The molecule has 0 saturated carbocycles. The van der Waals surface area contributed by atoms with Crippen molar-refractivity contribution < 1.29 is 9.59 Å². The van der Waals surface area contributed by atoms with Gasteiger partial charge < -0.3 is 10.3 Å². The summed E-state index contributed by atoms with van der Waals surface area (Å²) in [7, 11) is 0. The van der Waals surface area contributed by atoms with Gasteiger partial charge in [0.05, 0.1) is 12.1 Å². The molecule has 132 valence electrons. The number of pyridine rings is 1. The molecule has 3 rings (SSSR count). The van der Waals surface area contributed by atoms with E-state index in [9.17, 15) is 14.4 Å². The molecule has 1 saturated heterocycles. The largest absolute Gasteiger partial charge is 0.351 e. The maximum atomic E-state index is 12.1. The summed E-state index contributed by atoms with van der Waals surface area (Å²) in [5.41, 5.74) is 2.66. The Bertz CT molecular complexity index is 871. The number of aryl methyl sites for hydroxylation is 2. The number of aromatic nitrogens is 2. The molecule has 0 radical (unpaired) electrons. The van der Waals surface area contributed by atoms with Crippen molar-refractivity contribution in [1.82, 2.24) is 15.3 Å². The Morgan fingerprint density at radius 2 is 2.20 bits per heavy atom. The first kappa shape index (κ1) is 17.3. The Kier molecular flexibility index (Phi) is 4.98. The average molecular weight is 360 g/mol. The lowest BCUT2D eigenvalue weighted by molar-refractivity contribution is -0.120. The van der Waals surface area contributed by atoms with Crippen LogP contribution in [-0.2, 0) is 22.6 Å². The molecule has 25 heavy (non-hydrogen) atoms. The maximum Gasteiger partial charge on any atom is 0.253 e. The molecule has 2 aromatic rings. The number of carbonyl (C=O) groups is 2. The molecule has 0 unspecified atom stereocenters. The number of hydrogen-bond donors (Lipinski definition) is 2. The van der Waals surface area contributed by atoms with E-state index in [2.05, 4.69) is 15.3 Å². The number of aromatic amines is 1. The number of hydrogen-bond acceptors (Lipinski definition) is 5. The zero-order valence-electron chi connectivity index (χ0n) is 14.2. The molecule has 0 atom stereocenters. The van der Waals surface area contributed by atoms with Crippen molar-refractivity contribution in [2.75, 3.05) is 11.4 Å². The Morgan fingerprint density at radius 1 is 1.40 bits per heavy atom. The van der Waals surface area contributed by atoms with Crippen LogP contribution in [0, 0.1) is 13.8 Å². The zero-order valence-corrected chi connectivity index (χ0v) is 15.0. The molecule has 2 aromatic heterocycles. The van der Waals surface area contributed by atoms with Gasteiger partial charge in [0.1, 0.15) is 0 Å². The summed E-state index contributed by atoms with van der Waals surface area (Å²) in [6.07, 6.45) is 1.53. The van der Waals surface area contributed by atoms with Crippen molar-refractivity contribution in [3.8, 4) is 0 Å². The topological polar surface area (TPSA) is 95.2 Å². The van der Waals surface area contributed by atoms with Crippen molar-refractivity contribution in [2.24, 2.45) is 0 Å². The van der Waals surface area contributed by atoms with Crippen molar-refractivity contribution in [3.63, 3.8) is 0 Å². The van der Waals surface area contributed by atoms with Gasteiger partial charge in [0.25, 0.3) is 5.56 Å². The lowest BCUT2D eigenvalue weighted by Gasteiger charge is -2.10. The minimum Gasteiger partial charge on any atom is -0.351 e. The van der Waals surface area contributed by atoms with E-state index in [4.69, 9.17) is 0 Å². The lowest BCUT2D eigenvalue weighted by Crippen LogP contribution is -2.29. The van der Waals surface area contributed by atoms with E-state index in [1.807, 2.05) is 19.9 Å². The molecule has 0 aliphatic carbocycles. The van der Waals surface area contributed by atoms with E-state index in [0.29, 0.717) is 29.4 Å². The van der Waals surface area contributed by atoms with Crippen molar-refractivity contribution in [1.29, 1.82) is 0 Å². The van der Waals surface area contributed by atoms with Crippen molar-refractivity contribution >= 4 is 28.3 Å². The van der Waals surface area contributed by atoms with Crippen LogP contribution < -0.4 is 15.8 Å². The zero-order chi connectivity index (χ0) is 18.0. The molecule has 0 spiro atoms. The van der Waals surface area contributed by atoms with Crippen LogP contribution in [0.4, 0.5) is 5.13 Å². The van der Waals surface area contributed by atoms with Crippen LogP contribution in [-0.4, -0.2) is 28.3 Å². The smallest absolute Gasteiger partial charge is 0.253 e. The molecule has 1 aliphatic heterocycles. The second-order valence-electron chi connectivity index (χ2n) is 6.17. The fourth-order valence-corrected chi connectivity index (χ4v) is 3.73. The first-order chi connectivity index (χ1) is 11.9. The third-order valence-electron chi connectivity index (χ3n) is 4.14. The summed E-state index contributed by atoms with van der Waals surface area (Å²) in [6.45, 7) is 4.54. The van der Waals surface area contributed by atoms with Crippen LogP contribution in [0.25, 0.3) is 0 Å². The van der Waals surface area contributed by atoms with Gasteiger partial charge in [-0.25, -0.2) is 4.98 Å². The van der Waals surface area contributed by atoms with Gasteiger partial charge in [0.15, 0.2) is 5.13 Å².